The predicted octanol–water partition coefficient (Wildman–Crippen LogP) is 2.41. The highest BCUT2D eigenvalue weighted by atomic mass is 35.5. The quantitative estimate of drug-likeness (QED) is 0.558. The van der Waals surface area contributed by atoms with Gasteiger partial charge in [0.05, 0.1) is 23.0 Å². The molecule has 2 aromatic rings. The number of benzene rings is 1. The number of thiophene rings is 1. The average molecular weight is 563 g/mol. The number of likely N-dealkylation sites (tertiary alicyclic amines) is 3. The number of rotatable bonds is 7. The van der Waals surface area contributed by atoms with Gasteiger partial charge >= 0.3 is 0 Å². The van der Waals surface area contributed by atoms with Crippen LogP contribution in [-0.2, 0) is 19.6 Å². The minimum Gasteiger partial charge on any atom is -0.334 e. The summed E-state index contributed by atoms with van der Waals surface area (Å²) in [7, 11) is -3.86. The molecule has 3 saturated heterocycles. The van der Waals surface area contributed by atoms with Crippen molar-refractivity contribution < 1.29 is 22.8 Å². The van der Waals surface area contributed by atoms with Crippen molar-refractivity contribution >= 4 is 56.8 Å². The monoisotopic (exact) mass is 562 g/mol. The number of piperazine rings is 1. The highest BCUT2D eigenvalue weighted by Crippen LogP contribution is 2.32. The number of carbonyl (C=O) groups is 3. The maximum absolute atomic E-state index is 13.1. The molecule has 4 heterocycles. The third-order valence-corrected chi connectivity index (χ3v) is 9.32. The van der Waals surface area contributed by atoms with Crippen molar-refractivity contribution in [1.82, 2.24) is 19.4 Å². The van der Waals surface area contributed by atoms with Gasteiger partial charge in [0.1, 0.15) is 6.04 Å². The molecule has 1 aromatic carbocycles. The fourth-order valence-electron chi connectivity index (χ4n) is 5.24. The van der Waals surface area contributed by atoms with Crippen molar-refractivity contribution in [3.05, 3.63) is 62.6 Å². The van der Waals surface area contributed by atoms with Gasteiger partial charge in [0, 0.05) is 35.5 Å². The van der Waals surface area contributed by atoms with Crippen LogP contribution in [0.3, 0.4) is 0 Å². The molecule has 1 N–H and O–H groups in total. The molecule has 0 saturated carbocycles. The fourth-order valence-corrected chi connectivity index (χ4v) is 7.31. The molecule has 0 aliphatic carbocycles. The topological polar surface area (TPSA) is 107 Å². The van der Waals surface area contributed by atoms with Gasteiger partial charge in [-0.1, -0.05) is 29.8 Å². The molecule has 9 nitrogen and oxygen atoms in total. The smallest absolute Gasteiger partial charge is 0.254 e. The lowest BCUT2D eigenvalue weighted by molar-refractivity contribution is -0.144. The van der Waals surface area contributed by atoms with Crippen LogP contribution in [-0.4, -0.2) is 85.1 Å². The number of carbonyl (C=O) groups excluding carboxylic acids is 3. The molecule has 0 spiro atoms. The summed E-state index contributed by atoms with van der Waals surface area (Å²) in [5.74, 6) is -0.607. The van der Waals surface area contributed by atoms with E-state index >= 15 is 0 Å². The van der Waals surface area contributed by atoms with Crippen molar-refractivity contribution in [2.75, 3.05) is 26.2 Å². The zero-order chi connectivity index (χ0) is 26.2. The molecule has 3 amide bonds. The van der Waals surface area contributed by atoms with Crippen LogP contribution in [0.5, 0.6) is 0 Å². The van der Waals surface area contributed by atoms with Gasteiger partial charge in [-0.3, -0.25) is 14.4 Å². The number of nitrogens with zero attached hydrogens (tertiary/aromatic N) is 3. The number of hydrogen-bond donors (Lipinski definition) is 1. The Hall–Kier alpha value is -2.73. The third kappa shape index (κ3) is 5.74. The molecule has 1 aromatic heterocycles. The van der Waals surface area contributed by atoms with E-state index in [0.29, 0.717) is 47.3 Å². The molecular formula is C25H27ClN4O5S2. The molecular weight excluding hydrogens is 536 g/mol. The molecule has 37 heavy (non-hydrogen) atoms. The Labute approximate surface area is 224 Å². The number of nitrogens with one attached hydrogen (secondary N) is 1. The Kier molecular flexibility index (Phi) is 7.39. The average Bonchev–Trinajstić information content (AvgIpc) is 3.61. The van der Waals surface area contributed by atoms with Crippen molar-refractivity contribution in [3.63, 3.8) is 0 Å². The Morgan fingerprint density at radius 3 is 2.49 bits per heavy atom. The third-order valence-electron chi connectivity index (χ3n) is 7.01. The Balaban J connectivity index is 1.16. The number of sulfonamides is 1. The first kappa shape index (κ1) is 25.9. The van der Waals surface area contributed by atoms with Crippen LogP contribution < -0.4 is 4.72 Å². The van der Waals surface area contributed by atoms with Gasteiger partial charge in [0.25, 0.3) is 5.91 Å². The van der Waals surface area contributed by atoms with Crippen LogP contribution in [0.1, 0.15) is 34.5 Å². The summed E-state index contributed by atoms with van der Waals surface area (Å²) in [6.07, 6.45) is 3.11. The van der Waals surface area contributed by atoms with Gasteiger partial charge in [0.2, 0.25) is 21.8 Å². The van der Waals surface area contributed by atoms with E-state index < -0.39 is 22.0 Å². The summed E-state index contributed by atoms with van der Waals surface area (Å²) < 4.78 is 28.1. The molecule has 5 rings (SSSR count). The molecule has 0 unspecified atom stereocenters. The second kappa shape index (κ2) is 10.6. The van der Waals surface area contributed by atoms with Gasteiger partial charge < -0.3 is 14.7 Å². The van der Waals surface area contributed by atoms with Gasteiger partial charge in [-0.25, -0.2) is 8.42 Å². The minimum absolute atomic E-state index is 0.0299. The lowest BCUT2D eigenvalue weighted by Gasteiger charge is -2.37. The Morgan fingerprint density at radius 2 is 1.81 bits per heavy atom. The van der Waals surface area contributed by atoms with Crippen LogP contribution in [0.4, 0.5) is 0 Å². The van der Waals surface area contributed by atoms with E-state index in [0.717, 1.165) is 11.8 Å². The van der Waals surface area contributed by atoms with Crippen molar-refractivity contribution in [3.8, 4) is 0 Å². The summed E-state index contributed by atoms with van der Waals surface area (Å²) in [6, 6.07) is 11.5. The predicted molar refractivity (Wildman–Crippen MR) is 141 cm³/mol. The van der Waals surface area contributed by atoms with Crippen LogP contribution in [0.2, 0.25) is 4.34 Å². The Bertz CT molecular complexity index is 1330. The molecule has 12 heteroatoms. The van der Waals surface area contributed by atoms with Crippen molar-refractivity contribution in [2.45, 2.75) is 37.4 Å². The van der Waals surface area contributed by atoms with Gasteiger partial charge in [0.15, 0.2) is 0 Å². The largest absolute Gasteiger partial charge is 0.334 e. The fraction of sp³-hybridized carbons (Fsp3) is 0.400. The summed E-state index contributed by atoms with van der Waals surface area (Å²) in [5.41, 5.74) is 0.634. The van der Waals surface area contributed by atoms with E-state index in [9.17, 15) is 22.8 Å². The zero-order valence-electron chi connectivity index (χ0n) is 20.0. The van der Waals surface area contributed by atoms with Crippen LogP contribution >= 0.6 is 22.9 Å². The molecule has 3 aliphatic heterocycles. The molecule has 3 atom stereocenters. The lowest BCUT2D eigenvalue weighted by atomic mass is 10.1. The molecule has 196 valence electrons. The summed E-state index contributed by atoms with van der Waals surface area (Å²) in [4.78, 5) is 44.7. The van der Waals surface area contributed by atoms with Crippen LogP contribution in [0.25, 0.3) is 6.08 Å². The highest BCUT2D eigenvalue weighted by molar-refractivity contribution is 7.92. The molecule has 3 fully saturated rings. The number of fused-ring (bicyclic) bond motifs is 2. The first-order valence-electron chi connectivity index (χ1n) is 12.1. The summed E-state index contributed by atoms with van der Waals surface area (Å²) in [6.45, 7) is 1.21. The van der Waals surface area contributed by atoms with Crippen LogP contribution in [0, 0.1) is 0 Å². The lowest BCUT2D eigenvalue weighted by Crippen LogP contribution is -2.56. The van der Waals surface area contributed by atoms with Gasteiger partial charge in [-0.05, 0) is 49.6 Å². The normalized spacial score (nSPS) is 23.9. The zero-order valence-corrected chi connectivity index (χ0v) is 22.3. The van der Waals surface area contributed by atoms with E-state index in [1.807, 2.05) is 23.1 Å². The number of amides is 3. The van der Waals surface area contributed by atoms with E-state index in [4.69, 9.17) is 11.6 Å². The summed E-state index contributed by atoms with van der Waals surface area (Å²) >= 11 is 7.12. The van der Waals surface area contributed by atoms with Gasteiger partial charge in [-0.15, -0.1) is 11.3 Å². The Morgan fingerprint density at radius 1 is 1.08 bits per heavy atom. The number of halogens is 1. The van der Waals surface area contributed by atoms with E-state index in [1.54, 1.807) is 29.2 Å². The number of piperidine rings is 1. The first-order valence-corrected chi connectivity index (χ1v) is 14.8. The molecule has 3 aliphatic rings. The first-order chi connectivity index (χ1) is 17.7. The SMILES string of the molecule is O=C1[C@@H](NS(=O)(=O)C=Cc2ccc(Cl)s2)CCCN1CC(=O)N1C[C@@H]2C[C@H]1CN2C(=O)c1ccccc1. The van der Waals surface area contributed by atoms with E-state index in [-0.39, 0.29) is 30.4 Å². The van der Waals surface area contributed by atoms with Crippen molar-refractivity contribution in [2.24, 2.45) is 0 Å². The van der Waals surface area contributed by atoms with Gasteiger partial charge in [-0.2, -0.15) is 4.72 Å². The van der Waals surface area contributed by atoms with Crippen LogP contribution in [0.15, 0.2) is 47.9 Å². The highest BCUT2D eigenvalue weighted by Gasteiger charge is 2.47. The minimum atomic E-state index is -3.86. The summed E-state index contributed by atoms with van der Waals surface area (Å²) in [5, 5.41) is 1.02. The molecule has 2 bridgehead atoms. The maximum Gasteiger partial charge on any atom is 0.254 e. The van der Waals surface area contributed by atoms with Crippen molar-refractivity contribution in [1.29, 1.82) is 0 Å². The maximum atomic E-state index is 13.1. The second-order valence-corrected chi connectivity index (χ2v) is 12.8. The second-order valence-electron chi connectivity index (χ2n) is 9.48. The van der Waals surface area contributed by atoms with E-state index in [1.165, 1.54) is 22.3 Å². The standard InChI is InChI=1S/C25H27ClN4O5S2/c26-22-9-8-20(36-22)10-12-37(34,35)27-21-7-4-11-28(25(21)33)16-23(31)29-14-19-13-18(29)15-30(19)24(32)17-5-2-1-3-6-17/h1-3,5-6,8-10,12,18-19,21,27H,4,7,11,13-16H2/t18-,19-,21-/m0/s1. The number of hydrogen-bond acceptors (Lipinski definition) is 6. The molecule has 0 radical (unpaired) electrons. The van der Waals surface area contributed by atoms with E-state index in [2.05, 4.69) is 4.72 Å².